The topological polar surface area (TPSA) is 55.4 Å². The monoisotopic (exact) mass is 335 g/mol. The first kappa shape index (κ1) is 17.0. The molecule has 0 spiro atoms. The van der Waals surface area contributed by atoms with Crippen molar-refractivity contribution in [3.05, 3.63) is 64.4 Å². The molecule has 0 aromatic heterocycles. The molecule has 0 unspecified atom stereocenters. The fourth-order valence-corrected chi connectivity index (χ4v) is 1.97. The Kier molecular flexibility index (Phi) is 5.34. The van der Waals surface area contributed by atoms with E-state index in [2.05, 4.69) is 5.32 Å². The molecule has 1 N–H and O–H groups in total. The lowest BCUT2D eigenvalue weighted by atomic mass is 10.2. The van der Waals surface area contributed by atoms with Crippen LogP contribution in [0.1, 0.15) is 22.8 Å². The SMILES string of the molecule is Cc1ccc(NC(=O)[C@H](C)OC(=O)c2ccc(Cl)cc2F)cc1. The number of anilines is 1. The molecule has 0 radical (unpaired) electrons. The van der Waals surface area contributed by atoms with E-state index in [1.807, 2.05) is 19.1 Å². The van der Waals surface area contributed by atoms with Gasteiger partial charge in [0.1, 0.15) is 5.82 Å². The van der Waals surface area contributed by atoms with Crippen LogP contribution in [0.5, 0.6) is 0 Å². The predicted molar refractivity (Wildman–Crippen MR) is 86.1 cm³/mol. The van der Waals surface area contributed by atoms with Gasteiger partial charge >= 0.3 is 5.97 Å². The van der Waals surface area contributed by atoms with Crippen molar-refractivity contribution in [2.75, 3.05) is 5.32 Å². The number of carbonyl (C=O) groups excluding carboxylic acids is 2. The van der Waals surface area contributed by atoms with Gasteiger partial charge in [-0.2, -0.15) is 0 Å². The summed E-state index contributed by atoms with van der Waals surface area (Å²) in [6.45, 7) is 3.34. The summed E-state index contributed by atoms with van der Waals surface area (Å²) in [5, 5.41) is 2.79. The van der Waals surface area contributed by atoms with E-state index in [0.29, 0.717) is 5.69 Å². The third-order valence-corrected chi connectivity index (χ3v) is 3.36. The molecule has 6 heteroatoms. The van der Waals surface area contributed by atoms with Crippen LogP contribution in [0, 0.1) is 12.7 Å². The number of nitrogens with one attached hydrogen (secondary N) is 1. The molecule has 2 aromatic carbocycles. The zero-order chi connectivity index (χ0) is 17.0. The summed E-state index contributed by atoms with van der Waals surface area (Å²) in [6, 6.07) is 10.8. The maximum atomic E-state index is 13.7. The van der Waals surface area contributed by atoms with Crippen molar-refractivity contribution >= 4 is 29.2 Å². The number of rotatable bonds is 4. The highest BCUT2D eigenvalue weighted by atomic mass is 35.5. The van der Waals surface area contributed by atoms with Crippen molar-refractivity contribution in [3.63, 3.8) is 0 Å². The molecule has 4 nitrogen and oxygen atoms in total. The van der Waals surface area contributed by atoms with Crippen LogP contribution in [0.25, 0.3) is 0 Å². The number of aryl methyl sites for hydroxylation is 1. The molecule has 0 aliphatic carbocycles. The van der Waals surface area contributed by atoms with Crippen LogP contribution in [-0.2, 0) is 9.53 Å². The summed E-state index contributed by atoms with van der Waals surface area (Å²) >= 11 is 5.62. The minimum absolute atomic E-state index is 0.171. The summed E-state index contributed by atoms with van der Waals surface area (Å²) in [5.41, 5.74) is 1.37. The van der Waals surface area contributed by atoms with Gasteiger partial charge in [0.25, 0.3) is 5.91 Å². The van der Waals surface area contributed by atoms with Crippen LogP contribution < -0.4 is 5.32 Å². The van der Waals surface area contributed by atoms with Crippen LogP contribution in [0.15, 0.2) is 42.5 Å². The van der Waals surface area contributed by atoms with E-state index in [-0.39, 0.29) is 10.6 Å². The smallest absolute Gasteiger partial charge is 0.341 e. The van der Waals surface area contributed by atoms with Gasteiger partial charge in [0, 0.05) is 10.7 Å². The van der Waals surface area contributed by atoms with Gasteiger partial charge < -0.3 is 10.1 Å². The minimum atomic E-state index is -1.07. The van der Waals surface area contributed by atoms with Crippen molar-refractivity contribution in [2.24, 2.45) is 0 Å². The van der Waals surface area contributed by atoms with Gasteiger partial charge in [-0.3, -0.25) is 4.79 Å². The van der Waals surface area contributed by atoms with E-state index in [1.165, 1.54) is 19.1 Å². The molecule has 1 atom stereocenters. The Morgan fingerprint density at radius 2 is 1.83 bits per heavy atom. The van der Waals surface area contributed by atoms with Crippen molar-refractivity contribution in [1.82, 2.24) is 0 Å². The summed E-state index contributed by atoms with van der Waals surface area (Å²) in [4.78, 5) is 23.9. The second-order valence-electron chi connectivity index (χ2n) is 5.03. The normalized spacial score (nSPS) is 11.7. The van der Waals surface area contributed by atoms with Gasteiger partial charge in [0.05, 0.1) is 5.56 Å². The predicted octanol–water partition coefficient (Wildman–Crippen LogP) is 3.97. The summed E-state index contributed by atoms with van der Waals surface area (Å²) in [5.74, 6) is -2.23. The molecular weight excluding hydrogens is 321 g/mol. The fraction of sp³-hybridized carbons (Fsp3) is 0.176. The molecule has 0 aliphatic rings. The van der Waals surface area contributed by atoms with Crippen LogP contribution >= 0.6 is 11.6 Å². The van der Waals surface area contributed by atoms with E-state index in [1.54, 1.807) is 12.1 Å². The van der Waals surface area contributed by atoms with Crippen LogP contribution in [0.4, 0.5) is 10.1 Å². The number of carbonyl (C=O) groups is 2. The summed E-state index contributed by atoms with van der Waals surface area (Å²) < 4.78 is 18.6. The van der Waals surface area contributed by atoms with Crippen molar-refractivity contribution in [2.45, 2.75) is 20.0 Å². The standard InChI is InChI=1S/C17H15ClFNO3/c1-10-3-6-13(7-4-10)20-16(21)11(2)23-17(22)14-8-5-12(18)9-15(14)19/h3-9,11H,1-2H3,(H,20,21)/t11-/m0/s1. The molecule has 0 saturated carbocycles. The molecule has 2 rings (SSSR count). The first-order valence-electron chi connectivity index (χ1n) is 6.90. The Labute approximate surface area is 138 Å². The zero-order valence-electron chi connectivity index (χ0n) is 12.6. The summed E-state index contributed by atoms with van der Waals surface area (Å²) in [7, 11) is 0. The number of ether oxygens (including phenoxy) is 1. The first-order chi connectivity index (χ1) is 10.9. The molecule has 0 heterocycles. The fourth-order valence-electron chi connectivity index (χ4n) is 1.81. The lowest BCUT2D eigenvalue weighted by Gasteiger charge is -2.14. The molecule has 1 amide bonds. The first-order valence-corrected chi connectivity index (χ1v) is 7.28. The van der Waals surface area contributed by atoms with Gasteiger partial charge in [-0.05, 0) is 44.2 Å². The highest BCUT2D eigenvalue weighted by molar-refractivity contribution is 6.30. The molecular formula is C17H15ClFNO3. The van der Waals surface area contributed by atoms with Crippen molar-refractivity contribution in [1.29, 1.82) is 0 Å². The Bertz CT molecular complexity index is 731. The second kappa shape index (κ2) is 7.24. The maximum absolute atomic E-state index is 13.7. The quantitative estimate of drug-likeness (QED) is 0.860. The van der Waals surface area contributed by atoms with Crippen LogP contribution in [-0.4, -0.2) is 18.0 Å². The van der Waals surface area contributed by atoms with E-state index < -0.39 is 23.8 Å². The number of hydrogen-bond acceptors (Lipinski definition) is 3. The second-order valence-corrected chi connectivity index (χ2v) is 5.46. The third-order valence-electron chi connectivity index (χ3n) is 3.12. The molecule has 0 saturated heterocycles. The average Bonchev–Trinajstić information content (AvgIpc) is 2.49. The van der Waals surface area contributed by atoms with E-state index >= 15 is 0 Å². The van der Waals surface area contributed by atoms with E-state index in [9.17, 15) is 14.0 Å². The van der Waals surface area contributed by atoms with Crippen molar-refractivity contribution in [3.8, 4) is 0 Å². The van der Waals surface area contributed by atoms with Gasteiger partial charge in [0.2, 0.25) is 0 Å². The number of halogens is 2. The minimum Gasteiger partial charge on any atom is -0.449 e. The molecule has 0 bridgehead atoms. The Hall–Kier alpha value is -2.40. The number of amides is 1. The maximum Gasteiger partial charge on any atom is 0.341 e. The molecule has 0 fully saturated rings. The number of hydrogen-bond donors (Lipinski definition) is 1. The van der Waals surface area contributed by atoms with Gasteiger partial charge in [-0.15, -0.1) is 0 Å². The van der Waals surface area contributed by atoms with E-state index in [4.69, 9.17) is 16.3 Å². The number of esters is 1. The highest BCUT2D eigenvalue weighted by Crippen LogP contribution is 2.16. The largest absolute Gasteiger partial charge is 0.449 e. The van der Waals surface area contributed by atoms with Crippen LogP contribution in [0.3, 0.4) is 0 Å². The lowest BCUT2D eigenvalue weighted by molar-refractivity contribution is -0.123. The Morgan fingerprint density at radius 1 is 1.17 bits per heavy atom. The van der Waals surface area contributed by atoms with Crippen molar-refractivity contribution < 1.29 is 18.7 Å². The Balaban J connectivity index is 2.00. The van der Waals surface area contributed by atoms with Crippen LogP contribution in [0.2, 0.25) is 5.02 Å². The molecule has 0 aliphatic heterocycles. The number of benzene rings is 2. The molecule has 23 heavy (non-hydrogen) atoms. The summed E-state index contributed by atoms with van der Waals surface area (Å²) in [6.07, 6.45) is -1.07. The zero-order valence-corrected chi connectivity index (χ0v) is 13.4. The Morgan fingerprint density at radius 3 is 2.43 bits per heavy atom. The molecule has 120 valence electrons. The van der Waals surface area contributed by atoms with Gasteiger partial charge in [-0.1, -0.05) is 29.3 Å². The van der Waals surface area contributed by atoms with Gasteiger partial charge in [0.15, 0.2) is 6.10 Å². The lowest BCUT2D eigenvalue weighted by Crippen LogP contribution is -2.30. The van der Waals surface area contributed by atoms with Gasteiger partial charge in [-0.25, -0.2) is 9.18 Å². The highest BCUT2D eigenvalue weighted by Gasteiger charge is 2.21. The average molecular weight is 336 g/mol. The van der Waals surface area contributed by atoms with E-state index in [0.717, 1.165) is 11.6 Å². The third kappa shape index (κ3) is 4.53. The molecule has 2 aromatic rings.